The number of amides is 1. The largest absolute Gasteiger partial charge is 0.402 e. The van der Waals surface area contributed by atoms with Crippen molar-refractivity contribution in [1.29, 1.82) is 0 Å². The van der Waals surface area contributed by atoms with Gasteiger partial charge >= 0.3 is 6.18 Å². The van der Waals surface area contributed by atoms with Gasteiger partial charge in [-0.15, -0.1) is 11.3 Å². The van der Waals surface area contributed by atoms with Crippen molar-refractivity contribution in [2.75, 3.05) is 0 Å². The zero-order valence-electron chi connectivity index (χ0n) is 9.52. The van der Waals surface area contributed by atoms with Gasteiger partial charge in [0.05, 0.1) is 0 Å². The second-order valence-corrected chi connectivity index (χ2v) is 4.71. The van der Waals surface area contributed by atoms with E-state index in [0.717, 1.165) is 11.3 Å². The molecule has 7 heteroatoms. The lowest BCUT2D eigenvalue weighted by Crippen LogP contribution is -2.22. The molecule has 2 rings (SSSR count). The monoisotopic (exact) mass is 286 g/mol. The van der Waals surface area contributed by atoms with Crippen molar-refractivity contribution in [1.82, 2.24) is 4.98 Å². The third-order valence-corrected chi connectivity index (χ3v) is 3.39. The number of carbonyl (C=O) groups excluding carboxylic acids is 1. The Morgan fingerprint density at radius 2 is 1.89 bits per heavy atom. The molecule has 1 heterocycles. The van der Waals surface area contributed by atoms with Gasteiger partial charge in [-0.1, -0.05) is 30.3 Å². The first-order valence-electron chi connectivity index (χ1n) is 5.26. The fraction of sp³-hybridized carbons (Fsp3) is 0.167. The minimum atomic E-state index is -4.48. The number of alkyl halides is 3. The molecule has 1 aromatic heterocycles. The Labute approximate surface area is 110 Å². The van der Waals surface area contributed by atoms with E-state index >= 15 is 0 Å². The lowest BCUT2D eigenvalue weighted by atomic mass is 9.99. The summed E-state index contributed by atoms with van der Waals surface area (Å²) >= 11 is 0.776. The second-order valence-electron chi connectivity index (χ2n) is 3.82. The van der Waals surface area contributed by atoms with Crippen molar-refractivity contribution < 1.29 is 18.0 Å². The first-order valence-corrected chi connectivity index (χ1v) is 6.14. The second kappa shape index (κ2) is 5.00. The SMILES string of the molecule is NC(=O)c1csc(C(c2ccccc2)C(F)(F)F)n1. The number of nitrogens with zero attached hydrogens (tertiary/aromatic N) is 1. The van der Waals surface area contributed by atoms with Gasteiger partial charge in [0.2, 0.25) is 0 Å². The van der Waals surface area contributed by atoms with Crippen molar-refractivity contribution >= 4 is 17.2 Å². The Hall–Kier alpha value is -1.89. The molecule has 19 heavy (non-hydrogen) atoms. The van der Waals surface area contributed by atoms with Gasteiger partial charge in [-0.05, 0) is 5.56 Å². The van der Waals surface area contributed by atoms with Gasteiger partial charge < -0.3 is 5.73 Å². The maximum Gasteiger partial charge on any atom is 0.402 e. The lowest BCUT2D eigenvalue weighted by molar-refractivity contribution is -0.141. The summed E-state index contributed by atoms with van der Waals surface area (Å²) in [6, 6.07) is 7.44. The standard InChI is InChI=1S/C12H9F3N2OS/c13-12(14,15)9(7-4-2-1-3-5-7)11-17-8(6-19-11)10(16)18/h1-6,9H,(H2,16,18). The fourth-order valence-corrected chi connectivity index (χ4v) is 2.61. The summed E-state index contributed by atoms with van der Waals surface area (Å²) in [4.78, 5) is 14.6. The zero-order valence-corrected chi connectivity index (χ0v) is 10.3. The number of primary amides is 1. The van der Waals surface area contributed by atoms with Crippen LogP contribution >= 0.6 is 11.3 Å². The molecule has 0 radical (unpaired) electrons. The molecule has 0 fully saturated rings. The van der Waals surface area contributed by atoms with Crippen molar-refractivity contribution in [3.05, 3.63) is 52.0 Å². The van der Waals surface area contributed by atoms with Crippen LogP contribution in [0, 0.1) is 0 Å². The van der Waals surface area contributed by atoms with E-state index in [0.29, 0.717) is 0 Å². The van der Waals surface area contributed by atoms with E-state index in [1.807, 2.05) is 0 Å². The van der Waals surface area contributed by atoms with Gasteiger partial charge in [-0.3, -0.25) is 4.79 Å². The van der Waals surface area contributed by atoms with Gasteiger partial charge in [0, 0.05) is 5.38 Å². The number of hydrogen-bond donors (Lipinski definition) is 1. The van der Waals surface area contributed by atoms with Crippen LogP contribution in [0.2, 0.25) is 0 Å². The Morgan fingerprint density at radius 3 is 2.37 bits per heavy atom. The van der Waals surface area contributed by atoms with Crippen LogP contribution in [0.1, 0.15) is 27.0 Å². The Kier molecular flexibility index (Phi) is 3.57. The van der Waals surface area contributed by atoms with Crippen LogP contribution in [0.15, 0.2) is 35.7 Å². The number of nitrogens with two attached hydrogens (primary N) is 1. The van der Waals surface area contributed by atoms with Crippen molar-refractivity contribution in [2.24, 2.45) is 5.73 Å². The Bertz CT molecular complexity index is 580. The molecule has 0 aliphatic carbocycles. The molecule has 0 spiro atoms. The van der Waals surface area contributed by atoms with E-state index in [2.05, 4.69) is 4.98 Å². The number of aromatic nitrogens is 1. The van der Waals surface area contributed by atoms with Gasteiger partial charge in [0.1, 0.15) is 16.6 Å². The Morgan fingerprint density at radius 1 is 1.26 bits per heavy atom. The maximum atomic E-state index is 13.2. The Balaban J connectivity index is 2.47. The van der Waals surface area contributed by atoms with Crippen LogP contribution < -0.4 is 5.73 Å². The van der Waals surface area contributed by atoms with E-state index in [-0.39, 0.29) is 16.3 Å². The molecule has 0 aliphatic heterocycles. The quantitative estimate of drug-likeness (QED) is 0.943. The van der Waals surface area contributed by atoms with Gasteiger partial charge in [0.25, 0.3) is 5.91 Å². The number of hydrogen-bond acceptors (Lipinski definition) is 3. The highest BCUT2D eigenvalue weighted by Gasteiger charge is 2.43. The average molecular weight is 286 g/mol. The summed E-state index contributed by atoms with van der Waals surface area (Å²) in [6.45, 7) is 0. The predicted octanol–water partition coefficient (Wildman–Crippen LogP) is 2.94. The van der Waals surface area contributed by atoms with E-state index in [1.54, 1.807) is 6.07 Å². The predicted molar refractivity (Wildman–Crippen MR) is 65.0 cm³/mol. The number of benzene rings is 1. The maximum absolute atomic E-state index is 13.2. The minimum absolute atomic E-state index is 0.0837. The summed E-state index contributed by atoms with van der Waals surface area (Å²) in [5.41, 5.74) is 4.93. The van der Waals surface area contributed by atoms with E-state index in [9.17, 15) is 18.0 Å². The van der Waals surface area contributed by atoms with E-state index in [1.165, 1.54) is 29.6 Å². The molecule has 2 N–H and O–H groups in total. The molecular formula is C12H9F3N2OS. The average Bonchev–Trinajstić information content (AvgIpc) is 2.78. The first-order chi connectivity index (χ1) is 8.89. The molecule has 2 aromatic rings. The number of thiazole rings is 1. The highest BCUT2D eigenvalue weighted by molar-refractivity contribution is 7.10. The van der Waals surface area contributed by atoms with Crippen LogP contribution in [-0.2, 0) is 0 Å². The van der Waals surface area contributed by atoms with Crippen molar-refractivity contribution in [2.45, 2.75) is 12.1 Å². The minimum Gasteiger partial charge on any atom is -0.364 e. The van der Waals surface area contributed by atoms with E-state index < -0.39 is 18.0 Å². The fourth-order valence-electron chi connectivity index (χ4n) is 1.65. The smallest absolute Gasteiger partial charge is 0.364 e. The van der Waals surface area contributed by atoms with Crippen LogP contribution in [0.3, 0.4) is 0 Å². The van der Waals surface area contributed by atoms with Crippen LogP contribution in [0.5, 0.6) is 0 Å². The van der Waals surface area contributed by atoms with Crippen molar-refractivity contribution in [3.8, 4) is 0 Å². The van der Waals surface area contributed by atoms with Crippen molar-refractivity contribution in [3.63, 3.8) is 0 Å². The lowest BCUT2D eigenvalue weighted by Gasteiger charge is -2.18. The van der Waals surface area contributed by atoms with Crippen LogP contribution in [-0.4, -0.2) is 17.1 Å². The van der Waals surface area contributed by atoms with Crippen LogP contribution in [0.4, 0.5) is 13.2 Å². The molecule has 0 saturated heterocycles. The number of halogens is 3. The first kappa shape index (κ1) is 13.5. The third kappa shape index (κ3) is 2.93. The number of carbonyl (C=O) groups is 1. The molecule has 3 nitrogen and oxygen atoms in total. The van der Waals surface area contributed by atoms with Gasteiger partial charge in [-0.2, -0.15) is 13.2 Å². The molecule has 0 saturated carbocycles. The molecule has 1 amide bonds. The summed E-state index contributed by atoms with van der Waals surface area (Å²) in [5, 5.41) is 1.05. The molecule has 0 aliphatic rings. The molecule has 1 atom stereocenters. The molecule has 1 aromatic carbocycles. The molecular weight excluding hydrogens is 277 g/mol. The topological polar surface area (TPSA) is 56.0 Å². The molecule has 0 bridgehead atoms. The van der Waals surface area contributed by atoms with Crippen LogP contribution in [0.25, 0.3) is 0 Å². The van der Waals surface area contributed by atoms with E-state index in [4.69, 9.17) is 5.73 Å². The molecule has 100 valence electrons. The summed E-state index contributed by atoms with van der Waals surface area (Å²) in [7, 11) is 0. The summed E-state index contributed by atoms with van der Waals surface area (Å²) in [6.07, 6.45) is -4.48. The molecule has 1 unspecified atom stereocenters. The third-order valence-electron chi connectivity index (χ3n) is 2.48. The number of rotatable bonds is 3. The summed E-state index contributed by atoms with van der Waals surface area (Å²) < 4.78 is 39.5. The highest BCUT2D eigenvalue weighted by Crippen LogP contribution is 2.41. The summed E-state index contributed by atoms with van der Waals surface area (Å²) in [5.74, 6) is -2.68. The zero-order chi connectivity index (χ0) is 14.0. The highest BCUT2D eigenvalue weighted by atomic mass is 32.1. The van der Waals surface area contributed by atoms with Gasteiger partial charge in [-0.25, -0.2) is 4.98 Å². The normalized spacial score (nSPS) is 13.2. The van der Waals surface area contributed by atoms with Gasteiger partial charge in [0.15, 0.2) is 0 Å².